The number of rotatable bonds is 6. The average molecular weight is 520 g/mol. The third-order valence-electron chi connectivity index (χ3n) is 7.35. The highest BCUT2D eigenvalue weighted by molar-refractivity contribution is 5.96. The van der Waals surface area contributed by atoms with Crippen molar-refractivity contribution in [1.82, 2.24) is 15.5 Å². The van der Waals surface area contributed by atoms with Crippen LogP contribution < -0.4 is 20.1 Å². The van der Waals surface area contributed by atoms with Crippen LogP contribution in [0.3, 0.4) is 0 Å². The highest BCUT2D eigenvalue weighted by atomic mass is 19.4. The summed E-state index contributed by atoms with van der Waals surface area (Å²) in [4.78, 5) is 26.7. The van der Waals surface area contributed by atoms with Gasteiger partial charge in [0.05, 0.1) is 23.8 Å². The number of nitrogens with one attached hydrogen (secondary N) is 2. The third-order valence-corrected chi connectivity index (χ3v) is 7.35. The molecule has 2 aliphatic heterocycles. The minimum atomic E-state index is -4.55. The fourth-order valence-electron chi connectivity index (χ4n) is 5.20. The average Bonchev–Trinajstić information content (AvgIpc) is 3.33. The van der Waals surface area contributed by atoms with E-state index in [1.54, 1.807) is 0 Å². The van der Waals surface area contributed by atoms with Gasteiger partial charge in [0.1, 0.15) is 0 Å². The van der Waals surface area contributed by atoms with Crippen LogP contribution in [-0.2, 0) is 16.6 Å². The van der Waals surface area contributed by atoms with Gasteiger partial charge < -0.3 is 25.2 Å². The van der Waals surface area contributed by atoms with Crippen LogP contribution in [0, 0.1) is 0 Å². The van der Waals surface area contributed by atoms with E-state index in [-0.39, 0.29) is 24.9 Å². The maximum absolute atomic E-state index is 12.8. The minimum Gasteiger partial charge on any atom is -0.454 e. The zero-order valence-corrected chi connectivity index (χ0v) is 20.0. The summed E-state index contributed by atoms with van der Waals surface area (Å²) in [7, 11) is 0. The van der Waals surface area contributed by atoms with Crippen molar-refractivity contribution in [2.45, 2.75) is 49.5 Å². The van der Waals surface area contributed by atoms with Crippen LogP contribution in [0.5, 0.6) is 11.5 Å². The van der Waals surface area contributed by atoms with E-state index in [1.165, 1.54) is 6.07 Å². The first-order chi connectivity index (χ1) is 17.6. The van der Waals surface area contributed by atoms with E-state index >= 15 is 0 Å². The lowest BCUT2D eigenvalue weighted by atomic mass is 9.76. The van der Waals surface area contributed by atoms with Crippen molar-refractivity contribution in [1.29, 1.82) is 0 Å². The molecular weight excluding hydrogens is 491 g/mol. The smallest absolute Gasteiger partial charge is 0.416 e. The van der Waals surface area contributed by atoms with E-state index in [1.807, 2.05) is 18.2 Å². The number of hydrogen-bond donors (Lipinski definition) is 3. The molecule has 3 aliphatic rings. The fourth-order valence-corrected chi connectivity index (χ4v) is 5.20. The van der Waals surface area contributed by atoms with Crippen LogP contribution in [0.15, 0.2) is 42.5 Å². The number of fused-ring (bicyclic) bond motifs is 1. The van der Waals surface area contributed by atoms with Gasteiger partial charge in [-0.3, -0.25) is 14.5 Å². The number of carbonyl (C=O) groups excluding carboxylic acids is 2. The molecule has 1 saturated heterocycles. The van der Waals surface area contributed by atoms with Crippen LogP contribution in [0.1, 0.15) is 47.2 Å². The topological polar surface area (TPSA) is 100 Å². The molecule has 198 valence electrons. The normalized spacial score (nSPS) is 23.8. The Hall–Kier alpha value is -3.31. The molecular formula is C26H28F3N3O5. The molecule has 2 amide bonds. The first-order valence-electron chi connectivity index (χ1n) is 12.2. The van der Waals surface area contributed by atoms with Crippen molar-refractivity contribution in [3.8, 4) is 11.5 Å². The van der Waals surface area contributed by atoms with Crippen molar-refractivity contribution in [3.05, 3.63) is 59.2 Å². The molecule has 2 heterocycles. The Balaban J connectivity index is 1.04. The second kappa shape index (κ2) is 9.86. The minimum absolute atomic E-state index is 0.0624. The number of ether oxygens (including phenoxy) is 2. The van der Waals surface area contributed by atoms with Crippen LogP contribution in [-0.4, -0.2) is 60.3 Å². The predicted molar refractivity (Wildman–Crippen MR) is 126 cm³/mol. The monoisotopic (exact) mass is 519 g/mol. The Morgan fingerprint density at radius 1 is 1.05 bits per heavy atom. The van der Waals surface area contributed by atoms with Gasteiger partial charge in [0.2, 0.25) is 12.7 Å². The Morgan fingerprint density at radius 3 is 2.51 bits per heavy atom. The molecule has 0 radical (unpaired) electrons. The number of amides is 2. The molecule has 3 N–H and O–H groups in total. The summed E-state index contributed by atoms with van der Waals surface area (Å²) in [5.74, 6) is 0.199. The lowest BCUT2D eigenvalue weighted by Crippen LogP contribution is -2.63. The summed E-state index contributed by atoms with van der Waals surface area (Å²) in [5, 5.41) is 16.4. The van der Waals surface area contributed by atoms with Gasteiger partial charge in [0.25, 0.3) is 5.91 Å². The molecule has 2 aromatic carbocycles. The van der Waals surface area contributed by atoms with Crippen LogP contribution >= 0.6 is 0 Å². The molecule has 0 unspecified atom stereocenters. The molecule has 1 saturated carbocycles. The maximum atomic E-state index is 12.8. The van der Waals surface area contributed by atoms with Gasteiger partial charge in [0, 0.05) is 24.7 Å². The van der Waals surface area contributed by atoms with Gasteiger partial charge >= 0.3 is 6.18 Å². The molecule has 0 spiro atoms. The molecule has 2 fully saturated rings. The van der Waals surface area contributed by atoms with Gasteiger partial charge in [-0.05, 0) is 61.6 Å². The largest absolute Gasteiger partial charge is 0.454 e. The predicted octanol–water partition coefficient (Wildman–Crippen LogP) is 2.79. The quantitative estimate of drug-likeness (QED) is 0.543. The van der Waals surface area contributed by atoms with Crippen molar-refractivity contribution >= 4 is 11.8 Å². The molecule has 37 heavy (non-hydrogen) atoms. The van der Waals surface area contributed by atoms with Crippen molar-refractivity contribution in [2.75, 3.05) is 26.4 Å². The Labute approximate surface area is 211 Å². The van der Waals surface area contributed by atoms with Crippen LogP contribution in [0.2, 0.25) is 0 Å². The number of aliphatic hydroxyl groups is 1. The molecule has 0 atom stereocenters. The molecule has 2 aromatic rings. The summed E-state index contributed by atoms with van der Waals surface area (Å²) in [6.45, 7) is 1.20. The summed E-state index contributed by atoms with van der Waals surface area (Å²) >= 11 is 0. The highest BCUT2D eigenvalue weighted by Crippen LogP contribution is 2.43. The van der Waals surface area contributed by atoms with Gasteiger partial charge in [-0.15, -0.1) is 0 Å². The Bertz CT molecular complexity index is 1170. The number of halogens is 3. The Morgan fingerprint density at radius 2 is 1.78 bits per heavy atom. The van der Waals surface area contributed by atoms with Crippen molar-refractivity contribution in [3.63, 3.8) is 0 Å². The van der Waals surface area contributed by atoms with Crippen molar-refractivity contribution in [2.24, 2.45) is 0 Å². The van der Waals surface area contributed by atoms with E-state index in [0.29, 0.717) is 43.5 Å². The van der Waals surface area contributed by atoms with E-state index < -0.39 is 29.2 Å². The summed E-state index contributed by atoms with van der Waals surface area (Å²) in [6.07, 6.45) is -1.68. The van der Waals surface area contributed by atoms with E-state index in [0.717, 1.165) is 36.6 Å². The summed E-state index contributed by atoms with van der Waals surface area (Å²) in [5.41, 5.74) is -1.16. The van der Waals surface area contributed by atoms with E-state index in [2.05, 4.69) is 15.5 Å². The number of hydrogen-bond acceptors (Lipinski definition) is 6. The molecule has 0 bridgehead atoms. The summed E-state index contributed by atoms with van der Waals surface area (Å²) < 4.78 is 49.3. The molecule has 11 heteroatoms. The van der Waals surface area contributed by atoms with Gasteiger partial charge in [-0.1, -0.05) is 12.1 Å². The molecule has 1 aliphatic carbocycles. The number of alkyl halides is 3. The zero-order chi connectivity index (χ0) is 26.2. The lowest BCUT2D eigenvalue weighted by Gasteiger charge is -2.48. The van der Waals surface area contributed by atoms with E-state index in [9.17, 15) is 27.9 Å². The second-order valence-electron chi connectivity index (χ2n) is 9.81. The highest BCUT2D eigenvalue weighted by Gasteiger charge is 2.41. The number of carbonyl (C=O) groups is 2. The van der Waals surface area contributed by atoms with Gasteiger partial charge in [0.15, 0.2) is 11.5 Å². The maximum Gasteiger partial charge on any atom is 0.416 e. The lowest BCUT2D eigenvalue weighted by molar-refractivity contribution is -0.137. The molecule has 8 nitrogen and oxygen atoms in total. The molecule has 5 rings (SSSR count). The molecule has 0 aromatic heterocycles. The third kappa shape index (κ3) is 5.52. The number of nitrogens with zero attached hydrogens (tertiary/aromatic N) is 1. The van der Waals surface area contributed by atoms with Gasteiger partial charge in [-0.2, -0.15) is 13.2 Å². The zero-order valence-electron chi connectivity index (χ0n) is 20.0. The fraction of sp³-hybridized carbons (Fsp3) is 0.462. The SMILES string of the molecule is O=C(CNC(=O)c1cccc(C(F)(F)F)c1)NC1CN([C@H]2CC[C@@](O)(c3ccc4c(c3)OCO4)CC2)C1. The van der Waals surface area contributed by atoms with Crippen LogP contribution in [0.25, 0.3) is 0 Å². The van der Waals surface area contributed by atoms with Crippen LogP contribution in [0.4, 0.5) is 13.2 Å². The number of likely N-dealkylation sites (tertiary alicyclic amines) is 1. The first-order valence-corrected chi connectivity index (χ1v) is 12.2. The van der Waals surface area contributed by atoms with E-state index in [4.69, 9.17) is 9.47 Å². The Kier molecular flexibility index (Phi) is 6.76. The van der Waals surface area contributed by atoms with Crippen molar-refractivity contribution < 1.29 is 37.3 Å². The summed E-state index contributed by atoms with van der Waals surface area (Å²) in [6, 6.07) is 9.87. The second-order valence-corrected chi connectivity index (χ2v) is 9.81. The standard InChI is InChI=1S/C26H28F3N3O5/c27-26(28,29)18-3-1-2-16(10-18)24(34)30-12-23(33)31-19-13-32(14-19)20-6-8-25(35,9-7-20)17-4-5-21-22(11-17)37-15-36-21/h1-5,10-11,19-20,35H,6-9,12-15H2,(H,30,34)(H,31,33)/t20-,25-. The number of benzene rings is 2. The van der Waals surface area contributed by atoms with Gasteiger partial charge in [-0.25, -0.2) is 0 Å². The first kappa shape index (κ1) is 25.3.